The third-order valence-electron chi connectivity index (χ3n) is 4.70. The Hall–Kier alpha value is -2.82. The maximum Gasteiger partial charge on any atom is 0.257 e. The smallest absolute Gasteiger partial charge is 0.257 e. The molecule has 0 saturated heterocycles. The van der Waals surface area contributed by atoms with Crippen molar-refractivity contribution >= 4 is 11.6 Å². The quantitative estimate of drug-likeness (QED) is 0.762. The molecule has 0 fully saturated rings. The highest BCUT2D eigenvalue weighted by atomic mass is 16.2. The first kappa shape index (κ1) is 14.8. The molecule has 24 heavy (non-hydrogen) atoms. The van der Waals surface area contributed by atoms with E-state index in [0.29, 0.717) is 11.2 Å². The normalized spacial score (nSPS) is 16.8. The number of hydrogen-bond acceptors (Lipinski definition) is 2. The second kappa shape index (κ2) is 5.67. The molecule has 2 N–H and O–H groups in total. The highest BCUT2D eigenvalue weighted by Crippen LogP contribution is 2.29. The second-order valence-corrected chi connectivity index (χ2v) is 6.36. The van der Waals surface area contributed by atoms with Crippen LogP contribution < -0.4 is 10.9 Å². The van der Waals surface area contributed by atoms with Gasteiger partial charge in [-0.15, -0.1) is 0 Å². The molecule has 0 spiro atoms. The van der Waals surface area contributed by atoms with Crippen molar-refractivity contribution in [1.82, 2.24) is 14.7 Å². The fraction of sp³-hybridized carbons (Fsp3) is 0.263. The van der Waals surface area contributed by atoms with Gasteiger partial charge in [-0.05, 0) is 43.4 Å². The zero-order chi connectivity index (χ0) is 16.7. The lowest BCUT2D eigenvalue weighted by atomic mass is 9.87. The Morgan fingerprint density at radius 3 is 3.00 bits per heavy atom. The second-order valence-electron chi connectivity index (χ2n) is 6.36. The van der Waals surface area contributed by atoms with Gasteiger partial charge in [-0.1, -0.05) is 24.3 Å². The summed E-state index contributed by atoms with van der Waals surface area (Å²) < 4.78 is 1.47. The number of rotatable bonds is 2. The first-order valence-corrected chi connectivity index (χ1v) is 8.23. The van der Waals surface area contributed by atoms with Gasteiger partial charge < -0.3 is 10.3 Å². The zero-order valence-electron chi connectivity index (χ0n) is 13.5. The van der Waals surface area contributed by atoms with Gasteiger partial charge in [-0.3, -0.25) is 14.0 Å². The molecule has 1 aromatic carbocycles. The molecule has 2 heterocycles. The summed E-state index contributed by atoms with van der Waals surface area (Å²) >= 11 is 0. The van der Waals surface area contributed by atoms with Gasteiger partial charge in [0, 0.05) is 18.0 Å². The summed E-state index contributed by atoms with van der Waals surface area (Å²) in [6.45, 7) is 1.81. The Bertz CT molecular complexity index is 984. The summed E-state index contributed by atoms with van der Waals surface area (Å²) in [5.74, 6) is -0.152. The molecule has 1 aliphatic carbocycles. The first-order chi connectivity index (χ1) is 11.6. The van der Waals surface area contributed by atoms with Crippen LogP contribution >= 0.6 is 0 Å². The molecule has 0 radical (unpaired) electrons. The number of amides is 1. The van der Waals surface area contributed by atoms with Crippen molar-refractivity contribution in [2.75, 3.05) is 0 Å². The molecule has 0 aliphatic heterocycles. The number of aryl methyl sites for hydroxylation is 2. The van der Waals surface area contributed by atoms with E-state index in [0.717, 1.165) is 25.0 Å². The van der Waals surface area contributed by atoms with Gasteiger partial charge in [0.2, 0.25) is 0 Å². The van der Waals surface area contributed by atoms with E-state index in [1.54, 1.807) is 12.3 Å². The molecule has 5 nitrogen and oxygen atoms in total. The zero-order valence-corrected chi connectivity index (χ0v) is 13.5. The monoisotopic (exact) mass is 321 g/mol. The Kier molecular flexibility index (Phi) is 3.49. The van der Waals surface area contributed by atoms with Crippen LogP contribution in [-0.4, -0.2) is 15.3 Å². The number of aromatic nitrogens is 2. The molecule has 122 valence electrons. The van der Waals surface area contributed by atoms with Crippen molar-refractivity contribution in [1.29, 1.82) is 0 Å². The molecule has 4 rings (SSSR count). The van der Waals surface area contributed by atoms with Gasteiger partial charge in [0.1, 0.15) is 5.65 Å². The van der Waals surface area contributed by atoms with Gasteiger partial charge >= 0.3 is 0 Å². The number of carbonyl (C=O) groups excluding carboxylic acids is 1. The average molecular weight is 321 g/mol. The standard InChI is InChI=1S/C19H19N3O2/c1-12-11-17(23)22-10-9-15(18(22)20-12)19(24)21-16-8-4-6-13-5-2-3-7-14(13)16/h2-3,5,7,9-11,16,20H,4,6,8H2,1H3,(H,21,24). The third-order valence-corrected chi connectivity index (χ3v) is 4.70. The van der Waals surface area contributed by atoms with Crippen LogP contribution in [0.15, 0.2) is 47.4 Å². The fourth-order valence-electron chi connectivity index (χ4n) is 3.54. The first-order valence-electron chi connectivity index (χ1n) is 8.23. The van der Waals surface area contributed by atoms with Crippen LogP contribution in [0.25, 0.3) is 5.65 Å². The third kappa shape index (κ3) is 2.42. The summed E-state index contributed by atoms with van der Waals surface area (Å²) in [5.41, 5.74) is 4.15. The number of aromatic amines is 1. The van der Waals surface area contributed by atoms with Gasteiger partial charge in [0.05, 0.1) is 11.6 Å². The summed E-state index contributed by atoms with van der Waals surface area (Å²) in [5, 5.41) is 3.13. The van der Waals surface area contributed by atoms with Crippen molar-refractivity contribution < 1.29 is 4.79 Å². The van der Waals surface area contributed by atoms with Crippen LogP contribution in [0.3, 0.4) is 0 Å². The number of nitrogens with one attached hydrogen (secondary N) is 2. The van der Waals surface area contributed by atoms with E-state index in [9.17, 15) is 9.59 Å². The summed E-state index contributed by atoms with van der Waals surface area (Å²) in [4.78, 5) is 27.9. The largest absolute Gasteiger partial charge is 0.345 e. The highest BCUT2D eigenvalue weighted by molar-refractivity contribution is 6.00. The number of hydrogen-bond donors (Lipinski definition) is 2. The number of H-pyrrole nitrogens is 1. The van der Waals surface area contributed by atoms with Crippen molar-refractivity contribution in [2.45, 2.75) is 32.2 Å². The van der Waals surface area contributed by atoms with E-state index in [2.05, 4.69) is 22.4 Å². The highest BCUT2D eigenvalue weighted by Gasteiger charge is 2.23. The van der Waals surface area contributed by atoms with E-state index in [4.69, 9.17) is 0 Å². The molecular formula is C19H19N3O2. The SMILES string of the molecule is Cc1cc(=O)n2ccc(C(=O)NC3CCCc4ccccc43)c2[nH]1. The maximum atomic E-state index is 12.8. The van der Waals surface area contributed by atoms with Crippen LogP contribution in [0.5, 0.6) is 0 Å². The molecule has 1 unspecified atom stereocenters. The Morgan fingerprint density at radius 1 is 1.29 bits per heavy atom. The molecular weight excluding hydrogens is 302 g/mol. The number of carbonyl (C=O) groups is 1. The molecule has 5 heteroatoms. The maximum absolute atomic E-state index is 12.8. The summed E-state index contributed by atoms with van der Waals surface area (Å²) in [7, 11) is 0. The molecule has 0 bridgehead atoms. The van der Waals surface area contributed by atoms with Gasteiger partial charge in [0.15, 0.2) is 0 Å². The van der Waals surface area contributed by atoms with Gasteiger partial charge in [-0.2, -0.15) is 0 Å². The van der Waals surface area contributed by atoms with Crippen LogP contribution in [-0.2, 0) is 6.42 Å². The lowest BCUT2D eigenvalue weighted by molar-refractivity contribution is 0.0934. The van der Waals surface area contributed by atoms with E-state index in [1.807, 2.05) is 19.1 Å². The minimum absolute atomic E-state index is 0.0222. The van der Waals surface area contributed by atoms with Crippen molar-refractivity contribution in [3.63, 3.8) is 0 Å². The number of nitrogens with zero attached hydrogens (tertiary/aromatic N) is 1. The van der Waals surface area contributed by atoms with E-state index < -0.39 is 0 Å². The molecule has 3 aromatic rings. The topological polar surface area (TPSA) is 66.4 Å². The van der Waals surface area contributed by atoms with Crippen molar-refractivity contribution in [2.24, 2.45) is 0 Å². The van der Waals surface area contributed by atoms with E-state index >= 15 is 0 Å². The molecule has 0 saturated carbocycles. The van der Waals surface area contributed by atoms with Crippen molar-refractivity contribution in [3.05, 3.63) is 75.3 Å². The molecule has 1 atom stereocenters. The number of benzene rings is 1. The number of fused-ring (bicyclic) bond motifs is 2. The molecule has 1 amide bonds. The lowest BCUT2D eigenvalue weighted by Gasteiger charge is -2.26. The van der Waals surface area contributed by atoms with Gasteiger partial charge in [0.25, 0.3) is 11.5 Å². The summed E-state index contributed by atoms with van der Waals surface area (Å²) in [6.07, 6.45) is 4.69. The van der Waals surface area contributed by atoms with Crippen molar-refractivity contribution in [3.8, 4) is 0 Å². The Balaban J connectivity index is 1.68. The predicted octanol–water partition coefficient (Wildman–Crippen LogP) is 2.74. The predicted molar refractivity (Wildman–Crippen MR) is 92.3 cm³/mol. The van der Waals surface area contributed by atoms with Crippen LogP contribution in [0.1, 0.15) is 46.1 Å². The van der Waals surface area contributed by atoms with Crippen LogP contribution in [0.4, 0.5) is 0 Å². The van der Waals surface area contributed by atoms with E-state index in [1.165, 1.54) is 21.6 Å². The van der Waals surface area contributed by atoms with E-state index in [-0.39, 0.29) is 17.5 Å². The average Bonchev–Trinajstić information content (AvgIpc) is 2.99. The molecule has 1 aliphatic rings. The van der Waals surface area contributed by atoms with Gasteiger partial charge in [-0.25, -0.2) is 0 Å². The minimum Gasteiger partial charge on any atom is -0.345 e. The Labute approximate surface area is 139 Å². The Morgan fingerprint density at radius 2 is 2.12 bits per heavy atom. The summed E-state index contributed by atoms with van der Waals surface area (Å²) in [6, 6.07) is 11.5. The minimum atomic E-state index is -0.152. The lowest BCUT2D eigenvalue weighted by Crippen LogP contribution is -2.31. The van der Waals surface area contributed by atoms with Crippen LogP contribution in [0, 0.1) is 6.92 Å². The fourth-order valence-corrected chi connectivity index (χ4v) is 3.54. The van der Waals surface area contributed by atoms with Crippen LogP contribution in [0.2, 0.25) is 0 Å². The molecule has 2 aromatic heterocycles.